The molecule has 0 aromatic rings. The van der Waals surface area contributed by atoms with Crippen LogP contribution in [0.5, 0.6) is 0 Å². The molecule has 0 saturated heterocycles. The van der Waals surface area contributed by atoms with E-state index < -0.39 is 0 Å². The Bertz CT molecular complexity index is 573. The quantitative estimate of drug-likeness (QED) is 0.252. The molecular weight excluding hydrogens is 379 g/mol. The minimum atomic E-state index is 0.576. The molecule has 0 spiro atoms. The molecule has 6 unspecified atom stereocenters. The van der Waals surface area contributed by atoms with Crippen LogP contribution in [0.2, 0.25) is 0 Å². The fourth-order valence-electron chi connectivity index (χ4n) is 7.16. The van der Waals surface area contributed by atoms with Crippen LogP contribution in [-0.4, -0.2) is 11.8 Å². The van der Waals surface area contributed by atoms with Crippen LogP contribution in [0.25, 0.3) is 0 Å². The highest BCUT2D eigenvalue weighted by molar-refractivity contribution is 7.39. The highest BCUT2D eigenvalue weighted by atomic mass is 31.1. The normalized spacial score (nSPS) is 38.4. The average Bonchev–Trinajstić information content (AvgIpc) is 2.69. The summed E-state index contributed by atoms with van der Waals surface area (Å²) in [6.45, 7) is 12.2. The molecule has 3 rings (SSSR count). The fraction of sp³-hybridized carbons (Fsp3) is 0.862. The van der Waals surface area contributed by atoms with Crippen LogP contribution in [0, 0.1) is 29.1 Å². The minimum Gasteiger partial charge on any atom is -0.115 e. The maximum Gasteiger partial charge on any atom is -0.0137 e. The summed E-state index contributed by atoms with van der Waals surface area (Å²) in [6.07, 6.45) is 25.5. The van der Waals surface area contributed by atoms with Gasteiger partial charge in [0.25, 0.3) is 0 Å². The van der Waals surface area contributed by atoms with Crippen LogP contribution in [0.15, 0.2) is 23.3 Å². The molecule has 3 aliphatic carbocycles. The Morgan fingerprint density at radius 2 is 1.77 bits per heavy atom. The number of allylic oxidation sites excluding steroid dienone is 4. The minimum absolute atomic E-state index is 0.576. The highest BCUT2D eigenvalue weighted by Gasteiger charge is 2.38. The average molecular weight is 431 g/mol. The number of fused-ring (bicyclic) bond motifs is 2. The third-order valence-corrected chi connectivity index (χ3v) is 10.6. The van der Waals surface area contributed by atoms with E-state index in [1.165, 1.54) is 89.6 Å². The van der Waals surface area contributed by atoms with Crippen LogP contribution >= 0.6 is 8.58 Å². The third-order valence-electron chi connectivity index (χ3n) is 8.77. The van der Waals surface area contributed by atoms with Gasteiger partial charge in [0, 0.05) is 0 Å². The number of unbranched alkanes of at least 4 members (excludes halogenated alkanes) is 1. The van der Waals surface area contributed by atoms with Gasteiger partial charge in [-0.25, -0.2) is 0 Å². The van der Waals surface area contributed by atoms with E-state index in [1.54, 1.807) is 11.1 Å². The second kappa shape index (κ2) is 11.7. The number of hydrogen-bond acceptors (Lipinski definition) is 0. The number of hydrogen-bond donors (Lipinski definition) is 0. The molecule has 0 heterocycles. The van der Waals surface area contributed by atoms with Crippen LogP contribution in [0.1, 0.15) is 118 Å². The third kappa shape index (κ3) is 7.50. The van der Waals surface area contributed by atoms with Crippen molar-refractivity contribution in [2.75, 3.05) is 6.16 Å². The zero-order valence-electron chi connectivity index (χ0n) is 20.9. The van der Waals surface area contributed by atoms with E-state index in [0.29, 0.717) is 5.41 Å². The zero-order valence-corrected chi connectivity index (χ0v) is 21.9. The van der Waals surface area contributed by atoms with E-state index in [0.717, 1.165) is 37.9 Å². The van der Waals surface area contributed by atoms with Crippen molar-refractivity contribution in [3.8, 4) is 0 Å². The second-order valence-corrected chi connectivity index (χ2v) is 13.7. The van der Waals surface area contributed by atoms with E-state index in [9.17, 15) is 0 Å². The molecule has 3 saturated carbocycles. The molecule has 3 fully saturated rings. The van der Waals surface area contributed by atoms with Crippen LogP contribution in [0.4, 0.5) is 0 Å². The molecule has 2 bridgehead atoms. The summed E-state index contributed by atoms with van der Waals surface area (Å²) in [5, 5.41) is 0. The Kier molecular flexibility index (Phi) is 9.56. The summed E-state index contributed by atoms with van der Waals surface area (Å²) in [7, 11) is 1.14. The topological polar surface area (TPSA) is 0 Å². The molecule has 0 aromatic carbocycles. The van der Waals surface area contributed by atoms with E-state index in [2.05, 4.69) is 46.8 Å². The highest BCUT2D eigenvalue weighted by Crippen LogP contribution is 2.50. The molecule has 0 aromatic heterocycles. The summed E-state index contributed by atoms with van der Waals surface area (Å²) >= 11 is 0. The maximum absolute atomic E-state index is 2.58. The number of rotatable bonds is 9. The van der Waals surface area contributed by atoms with E-state index in [1.807, 2.05) is 0 Å². The Morgan fingerprint density at radius 1 is 1.03 bits per heavy atom. The SMILES string of the molecule is CCCCC1CC(C)CC(PC/C(C)=C(C)\C=C/CC2(C)CC3CCCC(C3)C2)C1. The van der Waals surface area contributed by atoms with Crippen LogP contribution in [-0.2, 0) is 0 Å². The van der Waals surface area contributed by atoms with Crippen LogP contribution < -0.4 is 0 Å². The van der Waals surface area contributed by atoms with Crippen molar-refractivity contribution in [2.24, 2.45) is 29.1 Å². The molecule has 30 heavy (non-hydrogen) atoms. The van der Waals surface area contributed by atoms with Gasteiger partial charge in [-0.15, -0.1) is 8.58 Å². The Labute approximate surface area is 190 Å². The largest absolute Gasteiger partial charge is 0.115 e. The Hall–Kier alpha value is -0.0900. The van der Waals surface area contributed by atoms with Crippen molar-refractivity contribution >= 4 is 8.58 Å². The first-order valence-corrected chi connectivity index (χ1v) is 14.7. The molecule has 1 heteroatoms. The molecule has 0 aliphatic heterocycles. The second-order valence-electron chi connectivity index (χ2n) is 12.1. The summed E-state index contributed by atoms with van der Waals surface area (Å²) in [6, 6.07) is 0. The molecule has 0 nitrogen and oxygen atoms in total. The first-order valence-electron chi connectivity index (χ1n) is 13.4. The predicted octanol–water partition coefficient (Wildman–Crippen LogP) is 9.55. The van der Waals surface area contributed by atoms with Gasteiger partial charge in [-0.1, -0.05) is 82.6 Å². The van der Waals surface area contributed by atoms with Crippen molar-refractivity contribution < 1.29 is 0 Å². The van der Waals surface area contributed by atoms with E-state index in [-0.39, 0.29) is 0 Å². The van der Waals surface area contributed by atoms with Crippen molar-refractivity contribution in [2.45, 2.75) is 124 Å². The fourth-order valence-corrected chi connectivity index (χ4v) is 9.10. The smallest absolute Gasteiger partial charge is 0.0137 e. The van der Waals surface area contributed by atoms with Crippen LogP contribution in [0.3, 0.4) is 0 Å². The molecule has 0 amide bonds. The van der Waals surface area contributed by atoms with Gasteiger partial charge in [0.1, 0.15) is 0 Å². The Balaban J connectivity index is 1.45. The van der Waals surface area contributed by atoms with Crippen molar-refractivity contribution in [1.29, 1.82) is 0 Å². The lowest BCUT2D eigenvalue weighted by Crippen LogP contribution is -2.33. The first kappa shape index (κ1) is 24.6. The van der Waals surface area contributed by atoms with Gasteiger partial charge >= 0.3 is 0 Å². The molecule has 6 atom stereocenters. The van der Waals surface area contributed by atoms with Gasteiger partial charge in [0.2, 0.25) is 0 Å². The van der Waals surface area contributed by atoms with Gasteiger partial charge in [0.15, 0.2) is 0 Å². The van der Waals surface area contributed by atoms with Gasteiger partial charge in [-0.05, 0) is 99.7 Å². The Morgan fingerprint density at radius 3 is 2.47 bits per heavy atom. The van der Waals surface area contributed by atoms with Crippen molar-refractivity contribution in [3.63, 3.8) is 0 Å². The maximum atomic E-state index is 2.58. The summed E-state index contributed by atoms with van der Waals surface area (Å²) in [5.41, 5.74) is 4.78. The van der Waals surface area contributed by atoms with Crippen molar-refractivity contribution in [3.05, 3.63) is 23.3 Å². The van der Waals surface area contributed by atoms with Gasteiger partial charge < -0.3 is 0 Å². The summed E-state index contributed by atoms with van der Waals surface area (Å²) < 4.78 is 0. The van der Waals surface area contributed by atoms with Gasteiger partial charge in [-0.2, -0.15) is 0 Å². The van der Waals surface area contributed by atoms with Crippen molar-refractivity contribution in [1.82, 2.24) is 0 Å². The molecule has 3 aliphatic rings. The monoisotopic (exact) mass is 430 g/mol. The molecular formula is C29H51P. The van der Waals surface area contributed by atoms with E-state index in [4.69, 9.17) is 0 Å². The summed E-state index contributed by atoms with van der Waals surface area (Å²) in [5.74, 6) is 4.05. The molecule has 0 N–H and O–H groups in total. The molecule has 0 radical (unpaired) electrons. The summed E-state index contributed by atoms with van der Waals surface area (Å²) in [4.78, 5) is 0. The zero-order chi connectivity index (χ0) is 21.6. The molecule has 172 valence electrons. The predicted molar refractivity (Wildman–Crippen MR) is 138 cm³/mol. The lowest BCUT2D eigenvalue weighted by molar-refractivity contribution is 0.0709. The van der Waals surface area contributed by atoms with Gasteiger partial charge in [0.05, 0.1) is 0 Å². The van der Waals surface area contributed by atoms with E-state index >= 15 is 0 Å². The standard InChI is InChI=1S/C29H51P/c1-6-7-11-25-15-22(2)16-28(18-25)30-21-24(4)23(3)10-9-14-29(5)19-26-12-8-13-27(17-26)20-29/h9-10,22,25-28,30H,6-8,11-21H2,1-5H3/b10-9-,24-23-. The lowest BCUT2D eigenvalue weighted by atomic mass is 9.60. The van der Waals surface area contributed by atoms with Gasteiger partial charge in [-0.3, -0.25) is 0 Å². The lowest BCUT2D eigenvalue weighted by Gasteiger charge is -2.45. The first-order chi connectivity index (χ1) is 14.4.